The highest BCUT2D eigenvalue weighted by Crippen LogP contribution is 2.17. The van der Waals surface area contributed by atoms with Gasteiger partial charge in [-0.05, 0) is 51.6 Å². The number of urea groups is 1. The van der Waals surface area contributed by atoms with Crippen LogP contribution in [0, 0.1) is 0 Å². The summed E-state index contributed by atoms with van der Waals surface area (Å²) >= 11 is 0. The third-order valence-electron chi connectivity index (χ3n) is 6.46. The average molecular weight is 395 g/mol. The summed E-state index contributed by atoms with van der Waals surface area (Å²) in [6.45, 7) is 10.5. The fourth-order valence-corrected chi connectivity index (χ4v) is 4.47. The SMILES string of the molecule is CCCCCCNC1CCN(C(=O)N2CCC(NCCCCCC)CC2)CC1. The van der Waals surface area contributed by atoms with Crippen molar-refractivity contribution in [1.29, 1.82) is 0 Å². The molecule has 0 atom stereocenters. The Labute approximate surface area is 174 Å². The normalized spacial score (nSPS) is 19.4. The van der Waals surface area contributed by atoms with E-state index in [4.69, 9.17) is 0 Å². The summed E-state index contributed by atoms with van der Waals surface area (Å²) in [5.41, 5.74) is 0. The van der Waals surface area contributed by atoms with E-state index < -0.39 is 0 Å². The number of hydrogen-bond acceptors (Lipinski definition) is 3. The molecule has 0 spiro atoms. The second-order valence-electron chi connectivity index (χ2n) is 8.83. The van der Waals surface area contributed by atoms with Crippen molar-refractivity contribution in [3.05, 3.63) is 0 Å². The van der Waals surface area contributed by atoms with Gasteiger partial charge in [0.2, 0.25) is 0 Å². The number of amides is 2. The molecule has 5 heteroatoms. The number of carbonyl (C=O) groups is 1. The lowest BCUT2D eigenvalue weighted by atomic mass is 10.0. The van der Waals surface area contributed by atoms with Gasteiger partial charge in [-0.15, -0.1) is 0 Å². The largest absolute Gasteiger partial charge is 0.325 e. The van der Waals surface area contributed by atoms with Crippen molar-refractivity contribution in [2.45, 2.75) is 103 Å². The van der Waals surface area contributed by atoms with Crippen LogP contribution in [0.15, 0.2) is 0 Å². The molecule has 5 nitrogen and oxygen atoms in total. The van der Waals surface area contributed by atoms with Gasteiger partial charge in [0, 0.05) is 38.3 Å². The van der Waals surface area contributed by atoms with Crippen molar-refractivity contribution >= 4 is 6.03 Å². The minimum Gasteiger partial charge on any atom is -0.325 e. The minimum absolute atomic E-state index is 0.280. The Morgan fingerprint density at radius 2 is 1.07 bits per heavy atom. The van der Waals surface area contributed by atoms with Crippen molar-refractivity contribution in [3.8, 4) is 0 Å². The molecule has 2 saturated heterocycles. The van der Waals surface area contributed by atoms with Gasteiger partial charge in [0.05, 0.1) is 0 Å². The van der Waals surface area contributed by atoms with E-state index in [1.165, 1.54) is 51.4 Å². The molecule has 0 radical (unpaired) electrons. The fourth-order valence-electron chi connectivity index (χ4n) is 4.47. The summed E-state index contributed by atoms with van der Waals surface area (Å²) < 4.78 is 0. The number of piperidine rings is 2. The fraction of sp³-hybridized carbons (Fsp3) is 0.957. The van der Waals surface area contributed by atoms with Gasteiger partial charge in [-0.3, -0.25) is 0 Å². The number of rotatable bonds is 12. The summed E-state index contributed by atoms with van der Waals surface area (Å²) in [4.78, 5) is 17.0. The number of likely N-dealkylation sites (tertiary alicyclic amines) is 2. The van der Waals surface area contributed by atoms with Crippen LogP contribution < -0.4 is 10.6 Å². The minimum atomic E-state index is 0.280. The van der Waals surface area contributed by atoms with Gasteiger partial charge in [-0.2, -0.15) is 0 Å². The van der Waals surface area contributed by atoms with Crippen LogP contribution in [0.1, 0.15) is 90.9 Å². The van der Waals surface area contributed by atoms with E-state index in [1.807, 2.05) is 0 Å². The van der Waals surface area contributed by atoms with Crippen LogP contribution in [0.5, 0.6) is 0 Å². The predicted octanol–water partition coefficient (Wildman–Crippen LogP) is 4.38. The molecule has 0 bridgehead atoms. The van der Waals surface area contributed by atoms with Crippen LogP contribution in [0.3, 0.4) is 0 Å². The molecule has 2 aliphatic rings. The smallest absolute Gasteiger partial charge is 0.320 e. The molecule has 2 rings (SSSR count). The number of nitrogens with one attached hydrogen (secondary N) is 2. The number of nitrogens with zero attached hydrogens (tertiary/aromatic N) is 2. The Hall–Kier alpha value is -0.810. The Balaban J connectivity index is 1.55. The van der Waals surface area contributed by atoms with E-state index in [2.05, 4.69) is 34.3 Å². The lowest BCUT2D eigenvalue weighted by Gasteiger charge is -2.39. The van der Waals surface area contributed by atoms with Crippen molar-refractivity contribution in [1.82, 2.24) is 20.4 Å². The van der Waals surface area contributed by atoms with Gasteiger partial charge >= 0.3 is 6.03 Å². The summed E-state index contributed by atoms with van der Waals surface area (Å²) in [6.07, 6.45) is 15.0. The van der Waals surface area contributed by atoms with E-state index >= 15 is 0 Å². The lowest BCUT2D eigenvalue weighted by Crippen LogP contribution is -2.53. The first-order chi connectivity index (χ1) is 13.7. The van der Waals surface area contributed by atoms with Crippen LogP contribution in [-0.4, -0.2) is 67.2 Å². The van der Waals surface area contributed by atoms with Gasteiger partial charge in [0.15, 0.2) is 0 Å². The second kappa shape index (κ2) is 14.2. The highest BCUT2D eigenvalue weighted by Gasteiger charge is 2.28. The highest BCUT2D eigenvalue weighted by atomic mass is 16.2. The van der Waals surface area contributed by atoms with Crippen molar-refractivity contribution in [3.63, 3.8) is 0 Å². The molecule has 0 saturated carbocycles. The van der Waals surface area contributed by atoms with Gasteiger partial charge in [0.1, 0.15) is 0 Å². The van der Waals surface area contributed by atoms with Crippen LogP contribution in [0.2, 0.25) is 0 Å². The molecule has 0 aromatic rings. The maximum Gasteiger partial charge on any atom is 0.320 e. The zero-order chi connectivity index (χ0) is 20.0. The third-order valence-corrected chi connectivity index (χ3v) is 6.46. The number of hydrogen-bond donors (Lipinski definition) is 2. The van der Waals surface area contributed by atoms with Crippen LogP contribution in [-0.2, 0) is 0 Å². The van der Waals surface area contributed by atoms with Crippen molar-refractivity contribution < 1.29 is 4.79 Å². The van der Waals surface area contributed by atoms with Gasteiger partial charge < -0.3 is 20.4 Å². The zero-order valence-electron chi connectivity index (χ0n) is 18.7. The average Bonchev–Trinajstić information content (AvgIpc) is 2.74. The number of unbranched alkanes of at least 4 members (excludes halogenated alkanes) is 6. The first-order valence-corrected chi connectivity index (χ1v) is 12.2. The standard InChI is InChI=1S/C23H46N4O/c1-3-5-7-9-15-24-21-11-17-26(18-12-21)23(28)27-19-13-22(14-20-27)25-16-10-8-6-4-2/h21-22,24-25H,3-20H2,1-2H3. The molecular formula is C23H46N4O. The highest BCUT2D eigenvalue weighted by molar-refractivity contribution is 5.74. The van der Waals surface area contributed by atoms with E-state index in [0.717, 1.165) is 65.0 Å². The summed E-state index contributed by atoms with van der Waals surface area (Å²) in [5, 5.41) is 7.40. The molecule has 2 amide bonds. The summed E-state index contributed by atoms with van der Waals surface area (Å²) in [5.74, 6) is 0. The molecule has 0 aromatic carbocycles. The number of carbonyl (C=O) groups excluding carboxylic acids is 1. The molecule has 2 N–H and O–H groups in total. The molecule has 2 fully saturated rings. The van der Waals surface area contributed by atoms with Crippen LogP contribution in [0.4, 0.5) is 4.79 Å². The molecule has 0 unspecified atom stereocenters. The zero-order valence-corrected chi connectivity index (χ0v) is 18.7. The maximum atomic E-state index is 12.8. The van der Waals surface area contributed by atoms with Crippen molar-refractivity contribution in [2.75, 3.05) is 39.3 Å². The molecule has 0 aliphatic carbocycles. The molecule has 2 aliphatic heterocycles. The lowest BCUT2D eigenvalue weighted by molar-refractivity contribution is 0.123. The molecule has 164 valence electrons. The maximum absolute atomic E-state index is 12.8. The van der Waals surface area contributed by atoms with E-state index in [1.54, 1.807) is 0 Å². The topological polar surface area (TPSA) is 47.6 Å². The van der Waals surface area contributed by atoms with Crippen molar-refractivity contribution in [2.24, 2.45) is 0 Å². The first kappa shape index (κ1) is 23.5. The Morgan fingerprint density at radius 1 is 0.679 bits per heavy atom. The Bertz CT molecular complexity index is 365. The second-order valence-corrected chi connectivity index (χ2v) is 8.83. The third kappa shape index (κ3) is 8.69. The molecule has 28 heavy (non-hydrogen) atoms. The van der Waals surface area contributed by atoms with Gasteiger partial charge in [-0.25, -0.2) is 4.79 Å². The van der Waals surface area contributed by atoms with Crippen LogP contribution in [0.25, 0.3) is 0 Å². The van der Waals surface area contributed by atoms with Gasteiger partial charge in [0.25, 0.3) is 0 Å². The summed E-state index contributed by atoms with van der Waals surface area (Å²) in [6, 6.07) is 1.49. The van der Waals surface area contributed by atoms with E-state index in [0.29, 0.717) is 12.1 Å². The monoisotopic (exact) mass is 394 g/mol. The van der Waals surface area contributed by atoms with E-state index in [-0.39, 0.29) is 6.03 Å². The van der Waals surface area contributed by atoms with Gasteiger partial charge in [-0.1, -0.05) is 52.4 Å². The molecule has 2 heterocycles. The predicted molar refractivity (Wildman–Crippen MR) is 119 cm³/mol. The first-order valence-electron chi connectivity index (χ1n) is 12.2. The summed E-state index contributed by atoms with van der Waals surface area (Å²) in [7, 11) is 0. The Kier molecular flexibility index (Phi) is 11.9. The Morgan fingerprint density at radius 3 is 1.43 bits per heavy atom. The molecule has 0 aromatic heterocycles. The molecular weight excluding hydrogens is 348 g/mol. The quantitative estimate of drug-likeness (QED) is 0.483. The van der Waals surface area contributed by atoms with Crippen LogP contribution >= 0.6 is 0 Å². The van der Waals surface area contributed by atoms with E-state index in [9.17, 15) is 4.79 Å².